The highest BCUT2D eigenvalue weighted by Crippen LogP contribution is 2.53. The smallest absolute Gasteiger partial charge is 0.271 e. The van der Waals surface area contributed by atoms with Gasteiger partial charge in [-0.25, -0.2) is 0 Å². The molecule has 2 aromatic carbocycles. The van der Waals surface area contributed by atoms with Gasteiger partial charge in [-0.1, -0.05) is 36.4 Å². The highest BCUT2D eigenvalue weighted by Gasteiger charge is 2.32. The Morgan fingerprint density at radius 3 is 2.18 bits per heavy atom. The van der Waals surface area contributed by atoms with E-state index in [-0.39, 0.29) is 0 Å². The second-order valence-corrected chi connectivity index (χ2v) is 6.60. The van der Waals surface area contributed by atoms with Crippen molar-refractivity contribution < 1.29 is 18.6 Å². The number of rotatable bonds is 2. The van der Waals surface area contributed by atoms with E-state index in [1.807, 2.05) is 0 Å². The van der Waals surface area contributed by atoms with Crippen molar-refractivity contribution in [3.05, 3.63) is 48.0 Å². The van der Waals surface area contributed by atoms with Crippen LogP contribution in [0.15, 0.2) is 42.5 Å². The number of alkyl halides is 2. The van der Waals surface area contributed by atoms with Crippen molar-refractivity contribution in [3.63, 3.8) is 0 Å². The van der Waals surface area contributed by atoms with E-state index < -0.39 is 17.7 Å². The van der Waals surface area contributed by atoms with Crippen molar-refractivity contribution in [2.45, 2.75) is 5.66 Å². The van der Waals surface area contributed by atoms with Gasteiger partial charge in [-0.2, -0.15) is 8.78 Å². The molecular formula is C11H7F2O2PS-2. The maximum Gasteiger partial charge on any atom is 0.271 e. The first kappa shape index (κ1) is 12.6. The molecule has 0 fully saturated rings. The summed E-state index contributed by atoms with van der Waals surface area (Å²) in [6, 6.07) is 10.5. The van der Waals surface area contributed by atoms with Crippen LogP contribution in [0.4, 0.5) is 8.78 Å². The first-order valence-corrected chi connectivity index (χ1v) is 7.35. The molecule has 90 valence electrons. The van der Waals surface area contributed by atoms with Crippen LogP contribution in [0.2, 0.25) is 0 Å². The quantitative estimate of drug-likeness (QED) is 0.785. The van der Waals surface area contributed by atoms with Gasteiger partial charge in [0.05, 0.1) is 0 Å². The zero-order valence-corrected chi connectivity index (χ0v) is 10.2. The van der Waals surface area contributed by atoms with E-state index in [1.165, 1.54) is 6.07 Å². The summed E-state index contributed by atoms with van der Waals surface area (Å²) in [6.45, 7) is -5.17. The van der Waals surface area contributed by atoms with Gasteiger partial charge in [0, 0.05) is 5.56 Å². The molecule has 2 rings (SSSR count). The molecule has 0 spiro atoms. The average molecular weight is 272 g/mol. The molecule has 0 bridgehead atoms. The third kappa shape index (κ3) is 2.24. The Morgan fingerprint density at radius 2 is 1.59 bits per heavy atom. The van der Waals surface area contributed by atoms with E-state index in [2.05, 4.69) is 11.8 Å². The lowest BCUT2D eigenvalue weighted by atomic mass is 10.1. The summed E-state index contributed by atoms with van der Waals surface area (Å²) in [7, 11) is 0. The van der Waals surface area contributed by atoms with Gasteiger partial charge in [0.1, 0.15) is 0 Å². The second-order valence-electron chi connectivity index (χ2n) is 3.60. The molecule has 2 nitrogen and oxygen atoms in total. The van der Waals surface area contributed by atoms with E-state index >= 15 is 0 Å². The van der Waals surface area contributed by atoms with Crippen molar-refractivity contribution >= 4 is 29.1 Å². The molecule has 2 aromatic rings. The predicted octanol–water partition coefficient (Wildman–Crippen LogP) is 1.92. The maximum atomic E-state index is 13.5. The molecule has 0 aromatic heterocycles. The van der Waals surface area contributed by atoms with Gasteiger partial charge in [0.25, 0.3) is 5.66 Å². The molecule has 17 heavy (non-hydrogen) atoms. The minimum absolute atomic E-state index is 0.549. The molecule has 6 heteroatoms. The van der Waals surface area contributed by atoms with E-state index in [4.69, 9.17) is 0 Å². The first-order chi connectivity index (χ1) is 7.82. The molecule has 0 aliphatic carbocycles. The van der Waals surface area contributed by atoms with Gasteiger partial charge in [0.15, 0.2) is 0 Å². The monoisotopic (exact) mass is 272 g/mol. The van der Waals surface area contributed by atoms with Gasteiger partial charge >= 0.3 is 0 Å². The number of benzene rings is 2. The molecule has 0 heterocycles. The summed E-state index contributed by atoms with van der Waals surface area (Å²) in [5.74, 6) is 0. The summed E-state index contributed by atoms with van der Waals surface area (Å²) in [5, 5.41) is 1.31. The molecule has 0 radical (unpaired) electrons. The molecular weight excluding hydrogens is 265 g/mol. The molecule has 0 aliphatic heterocycles. The van der Waals surface area contributed by atoms with Crippen LogP contribution in [-0.2, 0) is 17.5 Å². The second kappa shape index (κ2) is 4.10. The Hall–Kier alpha value is -0.870. The fourth-order valence-corrected chi connectivity index (χ4v) is 2.31. The normalized spacial score (nSPS) is 12.9. The molecule has 0 amide bonds. The lowest BCUT2D eigenvalue weighted by Gasteiger charge is -2.42. The van der Waals surface area contributed by atoms with Gasteiger partial charge < -0.3 is 9.79 Å². The van der Waals surface area contributed by atoms with Crippen LogP contribution < -0.4 is 9.79 Å². The lowest BCUT2D eigenvalue weighted by Crippen LogP contribution is -2.29. The van der Waals surface area contributed by atoms with E-state index in [0.29, 0.717) is 5.39 Å². The zero-order chi connectivity index (χ0) is 12.7. The predicted molar refractivity (Wildman–Crippen MR) is 62.1 cm³/mol. The standard InChI is InChI=1S/C11H9F2O2PS/c12-11(13,16(14,15)17)10-6-5-8-3-1-2-4-9(8)7-10/h1-7H,(H2,14,15,17)/p-2. The fraction of sp³-hybridized carbons (Fsp3) is 0.0909. The SMILES string of the molecule is [O-]P([O-])(=S)C(F)(F)c1ccc2ccccc2c1. The van der Waals surface area contributed by atoms with Gasteiger partial charge in [-0.05, 0) is 16.8 Å². The van der Waals surface area contributed by atoms with Crippen LogP contribution in [0, 0.1) is 0 Å². The molecule has 0 unspecified atom stereocenters. The Morgan fingerprint density at radius 1 is 1.00 bits per heavy atom. The summed E-state index contributed by atoms with van der Waals surface area (Å²) in [5.41, 5.74) is -4.60. The van der Waals surface area contributed by atoms with E-state index in [0.717, 1.165) is 17.5 Å². The van der Waals surface area contributed by atoms with Crippen LogP contribution in [0.25, 0.3) is 10.8 Å². The fourth-order valence-electron chi connectivity index (χ4n) is 1.53. The molecule has 0 saturated heterocycles. The van der Waals surface area contributed by atoms with Crippen molar-refractivity contribution in [2.24, 2.45) is 0 Å². The lowest BCUT2D eigenvalue weighted by molar-refractivity contribution is -0.315. The number of fused-ring (bicyclic) bond motifs is 1. The van der Waals surface area contributed by atoms with Crippen LogP contribution in [0.1, 0.15) is 5.56 Å². The van der Waals surface area contributed by atoms with Gasteiger partial charge in [0.2, 0.25) is 0 Å². The van der Waals surface area contributed by atoms with Crippen LogP contribution in [0.5, 0.6) is 0 Å². The Labute approximate surface area is 102 Å². The third-order valence-corrected chi connectivity index (χ3v) is 4.07. The van der Waals surface area contributed by atoms with Gasteiger partial charge in [-0.3, -0.25) is 0 Å². The summed E-state index contributed by atoms with van der Waals surface area (Å²) < 4.78 is 27.0. The molecule has 0 aliphatic rings. The summed E-state index contributed by atoms with van der Waals surface area (Å²) >= 11 is 3.88. The van der Waals surface area contributed by atoms with Crippen molar-refractivity contribution in [1.29, 1.82) is 0 Å². The minimum atomic E-state index is -5.17. The van der Waals surface area contributed by atoms with Crippen molar-refractivity contribution in [1.82, 2.24) is 0 Å². The number of hydrogen-bond acceptors (Lipinski definition) is 3. The van der Waals surface area contributed by atoms with E-state index in [9.17, 15) is 18.6 Å². The first-order valence-electron chi connectivity index (χ1n) is 4.71. The average Bonchev–Trinajstić information content (AvgIpc) is 2.27. The molecule has 0 atom stereocenters. The number of halogens is 2. The maximum absolute atomic E-state index is 13.5. The van der Waals surface area contributed by atoms with Crippen molar-refractivity contribution in [3.8, 4) is 0 Å². The van der Waals surface area contributed by atoms with Crippen LogP contribution in [-0.4, -0.2) is 0 Å². The Balaban J connectivity index is 2.61. The van der Waals surface area contributed by atoms with Gasteiger partial charge in [-0.15, -0.1) is 18.3 Å². The Kier molecular flexibility index (Phi) is 3.04. The zero-order valence-electron chi connectivity index (χ0n) is 8.47. The van der Waals surface area contributed by atoms with Crippen LogP contribution in [0.3, 0.4) is 0 Å². The van der Waals surface area contributed by atoms with Crippen LogP contribution >= 0.6 is 6.49 Å². The Bertz CT molecular complexity index is 609. The third-order valence-electron chi connectivity index (χ3n) is 2.44. The van der Waals surface area contributed by atoms with E-state index in [1.54, 1.807) is 24.3 Å². The number of hydrogen-bond donors (Lipinski definition) is 0. The molecule has 0 saturated carbocycles. The summed E-state index contributed by atoms with van der Waals surface area (Å²) in [4.78, 5) is 21.8. The highest BCUT2D eigenvalue weighted by molar-refractivity contribution is 8.07. The van der Waals surface area contributed by atoms with Crippen molar-refractivity contribution in [2.75, 3.05) is 0 Å². The molecule has 0 N–H and O–H groups in total. The summed E-state index contributed by atoms with van der Waals surface area (Å²) in [6.07, 6.45) is 0. The largest absolute Gasteiger partial charge is 0.828 e. The minimum Gasteiger partial charge on any atom is -0.828 e. The topological polar surface area (TPSA) is 46.1 Å². The highest BCUT2D eigenvalue weighted by atomic mass is 32.5.